The summed E-state index contributed by atoms with van der Waals surface area (Å²) in [4.78, 5) is 10.4. The highest BCUT2D eigenvalue weighted by molar-refractivity contribution is 5.93. The fraction of sp³-hybridized carbons (Fsp3) is 0.250. The van der Waals surface area contributed by atoms with Crippen molar-refractivity contribution in [3.63, 3.8) is 0 Å². The molecular weight excluding hydrogens is 228 g/mol. The number of hydrogen-bond donors (Lipinski definition) is 2. The van der Waals surface area contributed by atoms with Crippen molar-refractivity contribution in [2.75, 3.05) is 11.9 Å². The summed E-state index contributed by atoms with van der Waals surface area (Å²) in [6.07, 6.45) is 5.34. The molecule has 2 aromatic heterocycles. The number of nitrogens with two attached hydrogens (primary N) is 1. The topological polar surface area (TPSA) is 83.8 Å². The van der Waals surface area contributed by atoms with Crippen LogP contribution in [0.25, 0.3) is 0 Å². The summed E-state index contributed by atoms with van der Waals surface area (Å²) >= 11 is 0. The van der Waals surface area contributed by atoms with Crippen LogP contribution < -0.4 is 10.6 Å². The maximum absolute atomic E-state index is 7.38. The predicted octanol–water partition coefficient (Wildman–Crippen LogP) is 0.736. The molecule has 2 heterocycles. The summed E-state index contributed by atoms with van der Waals surface area (Å²) in [7, 11) is 3.93. The molecule has 0 aromatic carbocycles. The lowest BCUT2D eigenvalue weighted by atomic mass is 10.3. The normalized spacial score (nSPS) is 10.3. The Morgan fingerprint density at radius 2 is 2.22 bits per heavy atom. The molecule has 6 heteroatoms. The summed E-state index contributed by atoms with van der Waals surface area (Å²) < 4.78 is 1.98. The van der Waals surface area contributed by atoms with Crippen molar-refractivity contribution in [1.29, 1.82) is 5.41 Å². The van der Waals surface area contributed by atoms with Crippen LogP contribution in [0.3, 0.4) is 0 Å². The van der Waals surface area contributed by atoms with Crippen molar-refractivity contribution < 1.29 is 0 Å². The van der Waals surface area contributed by atoms with E-state index >= 15 is 0 Å². The molecule has 0 unspecified atom stereocenters. The van der Waals surface area contributed by atoms with Gasteiger partial charge in [-0.15, -0.1) is 0 Å². The molecular formula is C12H16N6. The van der Waals surface area contributed by atoms with E-state index in [1.54, 1.807) is 18.5 Å². The van der Waals surface area contributed by atoms with Crippen LogP contribution in [0.4, 0.5) is 5.69 Å². The Hall–Kier alpha value is -2.37. The molecule has 0 atom stereocenters. The van der Waals surface area contributed by atoms with Gasteiger partial charge >= 0.3 is 0 Å². The van der Waals surface area contributed by atoms with Crippen molar-refractivity contribution in [2.24, 2.45) is 12.8 Å². The average molecular weight is 244 g/mol. The molecule has 0 saturated heterocycles. The first-order valence-corrected chi connectivity index (χ1v) is 5.55. The second kappa shape index (κ2) is 4.87. The lowest BCUT2D eigenvalue weighted by Crippen LogP contribution is -2.20. The zero-order valence-electron chi connectivity index (χ0n) is 10.5. The molecule has 3 N–H and O–H groups in total. The zero-order valence-corrected chi connectivity index (χ0v) is 10.5. The van der Waals surface area contributed by atoms with Crippen LogP contribution in [0.5, 0.6) is 0 Å². The number of hydrogen-bond acceptors (Lipinski definition) is 4. The van der Waals surface area contributed by atoms with Gasteiger partial charge in [-0.2, -0.15) is 0 Å². The molecule has 0 aliphatic heterocycles. The first-order valence-electron chi connectivity index (χ1n) is 5.55. The van der Waals surface area contributed by atoms with E-state index in [0.717, 1.165) is 11.5 Å². The van der Waals surface area contributed by atoms with Gasteiger partial charge in [0, 0.05) is 38.4 Å². The van der Waals surface area contributed by atoms with E-state index in [2.05, 4.69) is 9.97 Å². The Morgan fingerprint density at radius 1 is 1.44 bits per heavy atom. The Labute approximate surface area is 106 Å². The van der Waals surface area contributed by atoms with Crippen molar-refractivity contribution in [1.82, 2.24) is 14.5 Å². The van der Waals surface area contributed by atoms with Gasteiger partial charge in [0.1, 0.15) is 17.4 Å². The second-order valence-electron chi connectivity index (χ2n) is 4.12. The minimum Gasteiger partial charge on any atom is -0.382 e. The molecule has 2 rings (SSSR count). The third kappa shape index (κ3) is 2.48. The number of pyridine rings is 1. The van der Waals surface area contributed by atoms with Gasteiger partial charge < -0.3 is 15.2 Å². The minimum absolute atomic E-state index is 0.0257. The van der Waals surface area contributed by atoms with Crippen LogP contribution in [-0.2, 0) is 13.6 Å². The number of aromatic nitrogens is 3. The largest absolute Gasteiger partial charge is 0.382 e. The lowest BCUT2D eigenvalue weighted by molar-refractivity contribution is 0.761. The molecule has 0 spiro atoms. The molecule has 0 aliphatic carbocycles. The number of rotatable bonds is 4. The Balaban J connectivity index is 2.18. The Morgan fingerprint density at radius 3 is 2.83 bits per heavy atom. The fourth-order valence-corrected chi connectivity index (χ4v) is 1.66. The van der Waals surface area contributed by atoms with E-state index < -0.39 is 0 Å². The highest BCUT2D eigenvalue weighted by Gasteiger charge is 2.07. The van der Waals surface area contributed by atoms with Crippen LogP contribution in [-0.4, -0.2) is 27.4 Å². The Kier molecular flexibility index (Phi) is 3.27. The number of nitrogen functional groups attached to an aromatic ring is 1. The van der Waals surface area contributed by atoms with Crippen LogP contribution in [0.1, 0.15) is 11.5 Å². The van der Waals surface area contributed by atoms with Crippen LogP contribution >= 0.6 is 0 Å². The van der Waals surface area contributed by atoms with E-state index in [1.807, 2.05) is 35.8 Å². The molecule has 94 valence electrons. The molecule has 6 nitrogen and oxygen atoms in total. The van der Waals surface area contributed by atoms with Gasteiger partial charge in [-0.25, -0.2) is 4.98 Å². The first-order chi connectivity index (χ1) is 8.58. The number of imidazole rings is 1. The number of aryl methyl sites for hydroxylation is 1. The summed E-state index contributed by atoms with van der Waals surface area (Å²) in [5, 5.41) is 7.38. The number of nitrogens with one attached hydrogen (secondary N) is 1. The highest BCUT2D eigenvalue weighted by atomic mass is 15.2. The maximum atomic E-state index is 7.38. The van der Waals surface area contributed by atoms with Crippen LogP contribution in [0.15, 0.2) is 30.7 Å². The lowest BCUT2D eigenvalue weighted by Gasteiger charge is -2.19. The summed E-state index contributed by atoms with van der Waals surface area (Å²) in [5.74, 6) is 0.945. The highest BCUT2D eigenvalue weighted by Crippen LogP contribution is 2.14. The fourth-order valence-electron chi connectivity index (χ4n) is 1.66. The van der Waals surface area contributed by atoms with Crippen LogP contribution in [0, 0.1) is 5.41 Å². The third-order valence-electron chi connectivity index (χ3n) is 2.76. The maximum Gasteiger partial charge on any atom is 0.141 e. The van der Waals surface area contributed by atoms with Crippen molar-refractivity contribution in [2.45, 2.75) is 6.54 Å². The van der Waals surface area contributed by atoms with Gasteiger partial charge in [0.2, 0.25) is 0 Å². The van der Waals surface area contributed by atoms with Crippen molar-refractivity contribution in [3.05, 3.63) is 42.2 Å². The summed E-state index contributed by atoms with van der Waals surface area (Å²) in [5.41, 5.74) is 6.87. The van der Waals surface area contributed by atoms with Gasteiger partial charge in [0.15, 0.2) is 0 Å². The molecule has 2 aromatic rings. The van der Waals surface area contributed by atoms with Gasteiger partial charge in [-0.3, -0.25) is 10.4 Å². The Bertz CT molecular complexity index is 559. The third-order valence-corrected chi connectivity index (χ3v) is 2.76. The van der Waals surface area contributed by atoms with Gasteiger partial charge in [0.05, 0.1) is 6.54 Å². The van der Waals surface area contributed by atoms with Crippen molar-refractivity contribution >= 4 is 11.5 Å². The predicted molar refractivity (Wildman–Crippen MR) is 70.6 cm³/mol. The standard InChI is InChI=1S/C12H16N6/c1-17-6-5-16-11(17)8-18(2)9-3-4-15-10(7-9)12(13)14/h3-7H,8H2,1-2H3,(H3,13,14). The molecule has 18 heavy (non-hydrogen) atoms. The molecule has 0 saturated carbocycles. The van der Waals surface area contributed by atoms with E-state index in [9.17, 15) is 0 Å². The SMILES string of the molecule is CN(Cc1nccn1C)c1ccnc(C(=N)N)c1. The number of nitrogens with zero attached hydrogens (tertiary/aromatic N) is 4. The second-order valence-corrected chi connectivity index (χ2v) is 4.12. The van der Waals surface area contributed by atoms with Crippen molar-refractivity contribution in [3.8, 4) is 0 Å². The molecule has 0 aliphatic rings. The van der Waals surface area contributed by atoms with E-state index in [1.165, 1.54) is 0 Å². The van der Waals surface area contributed by atoms with Gasteiger partial charge in [0.25, 0.3) is 0 Å². The average Bonchev–Trinajstić information content (AvgIpc) is 2.75. The molecule has 0 radical (unpaired) electrons. The number of amidine groups is 1. The minimum atomic E-state index is -0.0257. The van der Waals surface area contributed by atoms with E-state index in [4.69, 9.17) is 11.1 Å². The summed E-state index contributed by atoms with van der Waals surface area (Å²) in [6, 6.07) is 3.68. The first kappa shape index (κ1) is 12.1. The van der Waals surface area contributed by atoms with Crippen LogP contribution in [0.2, 0.25) is 0 Å². The molecule has 0 fully saturated rings. The smallest absolute Gasteiger partial charge is 0.141 e. The monoisotopic (exact) mass is 244 g/mol. The van der Waals surface area contributed by atoms with Gasteiger partial charge in [-0.05, 0) is 12.1 Å². The zero-order chi connectivity index (χ0) is 13.1. The van der Waals surface area contributed by atoms with E-state index in [0.29, 0.717) is 12.2 Å². The van der Waals surface area contributed by atoms with Gasteiger partial charge in [-0.1, -0.05) is 0 Å². The summed E-state index contributed by atoms with van der Waals surface area (Å²) in [6.45, 7) is 0.685. The quantitative estimate of drug-likeness (QED) is 0.613. The number of anilines is 1. The molecule has 0 bridgehead atoms. The molecule has 0 amide bonds. The van der Waals surface area contributed by atoms with E-state index in [-0.39, 0.29) is 5.84 Å².